The van der Waals surface area contributed by atoms with E-state index in [1.165, 1.54) is 19.3 Å². The maximum absolute atomic E-state index is 6.31. The molecular weight excluding hydrogens is 391 g/mol. The topological polar surface area (TPSA) is 56.3 Å². The van der Waals surface area contributed by atoms with E-state index in [4.69, 9.17) is 15.6 Å². The summed E-state index contributed by atoms with van der Waals surface area (Å²) in [5.74, 6) is 0. The lowest BCUT2D eigenvalue weighted by Crippen LogP contribution is -2.20. The molecule has 2 N–H and O–H groups in total. The first-order valence-corrected chi connectivity index (χ1v) is 9.16. The number of nitrogen functional groups attached to an aromatic ring is 1. The van der Waals surface area contributed by atoms with Crippen molar-refractivity contribution in [3.05, 3.63) is 15.8 Å². The number of fused-ring (bicyclic) bond motifs is 1. The van der Waals surface area contributed by atoms with Gasteiger partial charge in [0, 0.05) is 25.1 Å². The Bertz CT molecular complexity index is 687. The molecule has 0 saturated carbocycles. The van der Waals surface area contributed by atoms with E-state index in [1.54, 1.807) is 0 Å². The standard InChI is InChI=1S/C16H21IN4O/c17-16-11-9-12(18)14(20-6-2-3-7-20)10-13(11)21(19-16)15-5-1-4-8-22-15/h9-10,15H,1-8,18H2. The van der Waals surface area contributed by atoms with Crippen LogP contribution in [0.15, 0.2) is 12.1 Å². The van der Waals surface area contributed by atoms with Crippen molar-refractivity contribution < 1.29 is 4.74 Å². The minimum atomic E-state index is 0.0646. The summed E-state index contributed by atoms with van der Waals surface area (Å²) in [5, 5.41) is 5.86. The van der Waals surface area contributed by atoms with Crippen LogP contribution >= 0.6 is 22.6 Å². The normalized spacial score (nSPS) is 22.6. The maximum atomic E-state index is 6.31. The van der Waals surface area contributed by atoms with Crippen molar-refractivity contribution >= 4 is 44.9 Å². The minimum absolute atomic E-state index is 0.0646. The van der Waals surface area contributed by atoms with Crippen LogP contribution in [0.2, 0.25) is 0 Å². The fourth-order valence-electron chi connectivity index (χ4n) is 3.52. The molecule has 2 aromatic rings. The number of ether oxygens (including phenoxy) is 1. The summed E-state index contributed by atoms with van der Waals surface area (Å²) in [6, 6.07) is 4.29. The summed E-state index contributed by atoms with van der Waals surface area (Å²) in [7, 11) is 0. The van der Waals surface area contributed by atoms with E-state index >= 15 is 0 Å². The van der Waals surface area contributed by atoms with Crippen LogP contribution in [-0.2, 0) is 4.74 Å². The summed E-state index contributed by atoms with van der Waals surface area (Å²) >= 11 is 2.30. The molecule has 4 rings (SSSR count). The Labute approximate surface area is 143 Å². The number of hydrogen-bond donors (Lipinski definition) is 1. The minimum Gasteiger partial charge on any atom is -0.397 e. The van der Waals surface area contributed by atoms with E-state index in [1.807, 2.05) is 0 Å². The van der Waals surface area contributed by atoms with Gasteiger partial charge >= 0.3 is 0 Å². The van der Waals surface area contributed by atoms with Crippen molar-refractivity contribution in [3.8, 4) is 0 Å². The highest BCUT2D eigenvalue weighted by Gasteiger charge is 2.23. The Morgan fingerprint density at radius 1 is 1.18 bits per heavy atom. The summed E-state index contributed by atoms with van der Waals surface area (Å²) < 4.78 is 9.00. The highest BCUT2D eigenvalue weighted by molar-refractivity contribution is 14.1. The van der Waals surface area contributed by atoms with Gasteiger partial charge in [-0.25, -0.2) is 4.68 Å². The zero-order chi connectivity index (χ0) is 15.1. The fourth-order valence-corrected chi connectivity index (χ4v) is 4.18. The lowest BCUT2D eigenvalue weighted by molar-refractivity contribution is -0.0368. The molecule has 2 fully saturated rings. The molecule has 0 bridgehead atoms. The van der Waals surface area contributed by atoms with Gasteiger partial charge in [-0.05, 0) is 66.8 Å². The number of aromatic nitrogens is 2. The number of nitrogens with zero attached hydrogens (tertiary/aromatic N) is 3. The van der Waals surface area contributed by atoms with E-state index < -0.39 is 0 Å². The first kappa shape index (κ1) is 14.6. The van der Waals surface area contributed by atoms with E-state index in [0.29, 0.717) is 0 Å². The van der Waals surface area contributed by atoms with Crippen molar-refractivity contribution in [2.75, 3.05) is 30.3 Å². The van der Waals surface area contributed by atoms with Crippen LogP contribution in [0.4, 0.5) is 11.4 Å². The second-order valence-corrected chi connectivity index (χ2v) is 7.20. The summed E-state index contributed by atoms with van der Waals surface area (Å²) in [6.45, 7) is 3.03. The summed E-state index contributed by atoms with van der Waals surface area (Å²) in [4.78, 5) is 2.39. The van der Waals surface area contributed by atoms with Crippen LogP contribution in [0.5, 0.6) is 0 Å². The summed E-state index contributed by atoms with van der Waals surface area (Å²) in [6.07, 6.45) is 5.96. The van der Waals surface area contributed by atoms with Gasteiger partial charge in [0.15, 0.2) is 6.23 Å². The maximum Gasteiger partial charge on any atom is 0.150 e. The fraction of sp³-hybridized carbons (Fsp3) is 0.562. The van der Waals surface area contributed by atoms with Gasteiger partial charge in [0.1, 0.15) is 3.70 Å². The molecule has 6 heteroatoms. The molecule has 2 aliphatic rings. The molecule has 2 aliphatic heterocycles. The first-order valence-electron chi connectivity index (χ1n) is 8.08. The monoisotopic (exact) mass is 412 g/mol. The molecule has 1 unspecified atom stereocenters. The Morgan fingerprint density at radius 3 is 2.73 bits per heavy atom. The van der Waals surface area contributed by atoms with E-state index in [9.17, 15) is 0 Å². The van der Waals surface area contributed by atoms with E-state index in [0.717, 1.165) is 58.5 Å². The molecule has 1 aromatic heterocycles. The van der Waals surface area contributed by atoms with Gasteiger partial charge < -0.3 is 15.4 Å². The third-order valence-corrected chi connectivity index (χ3v) is 5.48. The van der Waals surface area contributed by atoms with E-state index in [-0.39, 0.29) is 6.23 Å². The number of benzene rings is 1. The van der Waals surface area contributed by atoms with Gasteiger partial charge in [0.2, 0.25) is 0 Å². The molecule has 1 atom stereocenters. The Hall–Kier alpha value is -1.02. The van der Waals surface area contributed by atoms with Gasteiger partial charge in [-0.15, -0.1) is 0 Å². The van der Waals surface area contributed by atoms with Gasteiger partial charge in [0.25, 0.3) is 0 Å². The number of halogens is 1. The van der Waals surface area contributed by atoms with Crippen molar-refractivity contribution in [1.29, 1.82) is 0 Å². The van der Waals surface area contributed by atoms with Crippen LogP contribution < -0.4 is 10.6 Å². The molecule has 22 heavy (non-hydrogen) atoms. The van der Waals surface area contributed by atoms with Gasteiger partial charge in [-0.1, -0.05) is 0 Å². The number of nitrogens with two attached hydrogens (primary N) is 1. The predicted octanol–water partition coefficient (Wildman–Crippen LogP) is 3.52. The zero-order valence-electron chi connectivity index (χ0n) is 12.6. The summed E-state index contributed by atoms with van der Waals surface area (Å²) in [5.41, 5.74) is 9.46. The van der Waals surface area contributed by atoms with Crippen molar-refractivity contribution in [2.45, 2.75) is 38.3 Å². The highest BCUT2D eigenvalue weighted by atomic mass is 127. The third-order valence-electron chi connectivity index (χ3n) is 4.68. The molecule has 0 spiro atoms. The molecule has 5 nitrogen and oxygen atoms in total. The lowest BCUT2D eigenvalue weighted by atomic mass is 10.1. The highest BCUT2D eigenvalue weighted by Crippen LogP contribution is 2.35. The van der Waals surface area contributed by atoms with Gasteiger partial charge in [0.05, 0.1) is 16.9 Å². The van der Waals surface area contributed by atoms with Crippen molar-refractivity contribution in [1.82, 2.24) is 9.78 Å². The Morgan fingerprint density at radius 2 is 2.00 bits per heavy atom. The zero-order valence-corrected chi connectivity index (χ0v) is 14.8. The first-order chi connectivity index (χ1) is 10.7. The van der Waals surface area contributed by atoms with Crippen LogP contribution in [0.3, 0.4) is 0 Å². The Balaban J connectivity index is 1.81. The largest absolute Gasteiger partial charge is 0.397 e. The van der Waals surface area contributed by atoms with Crippen molar-refractivity contribution in [3.63, 3.8) is 0 Å². The van der Waals surface area contributed by atoms with Gasteiger partial charge in [-0.3, -0.25) is 0 Å². The molecule has 2 saturated heterocycles. The SMILES string of the molecule is Nc1cc2c(I)nn(C3CCCCO3)c2cc1N1CCCC1. The molecule has 0 radical (unpaired) electrons. The molecule has 0 amide bonds. The number of anilines is 2. The molecular formula is C16H21IN4O. The third kappa shape index (κ3) is 2.46. The Kier molecular flexibility index (Phi) is 3.89. The van der Waals surface area contributed by atoms with Crippen molar-refractivity contribution in [2.24, 2.45) is 0 Å². The van der Waals surface area contributed by atoms with E-state index in [2.05, 4.69) is 44.3 Å². The van der Waals surface area contributed by atoms with Crippen LogP contribution in [0.1, 0.15) is 38.3 Å². The second kappa shape index (κ2) is 5.88. The number of hydrogen-bond acceptors (Lipinski definition) is 4. The van der Waals surface area contributed by atoms with Crippen LogP contribution in [0.25, 0.3) is 10.9 Å². The van der Waals surface area contributed by atoms with Gasteiger partial charge in [-0.2, -0.15) is 5.10 Å². The molecule has 118 valence electrons. The van der Waals surface area contributed by atoms with Crippen LogP contribution in [0, 0.1) is 3.70 Å². The number of rotatable bonds is 2. The van der Waals surface area contributed by atoms with Crippen LogP contribution in [-0.4, -0.2) is 29.5 Å². The molecule has 1 aromatic carbocycles. The molecule has 0 aliphatic carbocycles. The smallest absolute Gasteiger partial charge is 0.150 e. The molecule has 3 heterocycles. The average Bonchev–Trinajstić information content (AvgIpc) is 3.16. The predicted molar refractivity (Wildman–Crippen MR) is 97.1 cm³/mol. The lowest BCUT2D eigenvalue weighted by Gasteiger charge is -2.24. The average molecular weight is 412 g/mol. The quantitative estimate of drug-likeness (QED) is 0.606. The second-order valence-electron chi connectivity index (χ2n) is 6.18.